The van der Waals surface area contributed by atoms with Crippen molar-refractivity contribution in [1.29, 1.82) is 0 Å². The van der Waals surface area contributed by atoms with E-state index >= 15 is 0 Å². The molecular formula is C13H15N3OS. The fourth-order valence-corrected chi connectivity index (χ4v) is 2.50. The number of carbonyl (C=O) groups is 1. The van der Waals surface area contributed by atoms with Crippen LogP contribution < -0.4 is 11.1 Å². The molecule has 0 saturated heterocycles. The summed E-state index contributed by atoms with van der Waals surface area (Å²) in [5.74, 6) is -0.171. The van der Waals surface area contributed by atoms with Crippen LogP contribution in [0.3, 0.4) is 0 Å². The molecule has 0 aliphatic heterocycles. The van der Waals surface area contributed by atoms with Gasteiger partial charge in [-0.2, -0.15) is 0 Å². The Kier molecular flexibility index (Phi) is 3.94. The number of nitrogens with one attached hydrogen (secondary N) is 1. The van der Waals surface area contributed by atoms with Crippen LogP contribution in [0.5, 0.6) is 0 Å². The zero-order valence-corrected chi connectivity index (χ0v) is 10.9. The topological polar surface area (TPSA) is 68.0 Å². The van der Waals surface area contributed by atoms with Gasteiger partial charge in [0.2, 0.25) is 0 Å². The maximum atomic E-state index is 12.0. The molecule has 0 aliphatic carbocycles. The van der Waals surface area contributed by atoms with Gasteiger partial charge in [0, 0.05) is 4.88 Å². The van der Waals surface area contributed by atoms with Crippen molar-refractivity contribution in [3.05, 3.63) is 46.4 Å². The number of nitrogens with zero attached hydrogens (tertiary/aromatic N) is 1. The van der Waals surface area contributed by atoms with Crippen molar-refractivity contribution in [2.75, 3.05) is 5.73 Å². The van der Waals surface area contributed by atoms with Crippen LogP contribution >= 0.6 is 11.3 Å². The number of anilines is 1. The van der Waals surface area contributed by atoms with Gasteiger partial charge in [-0.3, -0.25) is 4.79 Å². The van der Waals surface area contributed by atoms with Gasteiger partial charge >= 0.3 is 0 Å². The van der Waals surface area contributed by atoms with Gasteiger partial charge in [0.25, 0.3) is 5.91 Å². The van der Waals surface area contributed by atoms with Crippen molar-refractivity contribution < 1.29 is 4.79 Å². The highest BCUT2D eigenvalue weighted by molar-refractivity contribution is 7.10. The molecular weight excluding hydrogens is 246 g/mol. The van der Waals surface area contributed by atoms with E-state index in [-0.39, 0.29) is 11.9 Å². The molecule has 1 amide bonds. The average molecular weight is 261 g/mol. The Labute approximate surface area is 110 Å². The molecule has 0 fully saturated rings. The van der Waals surface area contributed by atoms with Gasteiger partial charge in [0.1, 0.15) is 5.69 Å². The smallest absolute Gasteiger partial charge is 0.270 e. The normalized spacial score (nSPS) is 12.1. The summed E-state index contributed by atoms with van der Waals surface area (Å²) in [6.45, 7) is 2.04. The van der Waals surface area contributed by atoms with Gasteiger partial charge in [-0.1, -0.05) is 13.0 Å². The minimum Gasteiger partial charge on any atom is -0.397 e. The quantitative estimate of drug-likeness (QED) is 0.889. The molecule has 3 N–H and O–H groups in total. The van der Waals surface area contributed by atoms with Gasteiger partial charge in [-0.15, -0.1) is 11.3 Å². The second-order valence-corrected chi connectivity index (χ2v) is 4.91. The predicted molar refractivity (Wildman–Crippen MR) is 73.5 cm³/mol. The van der Waals surface area contributed by atoms with Crippen LogP contribution in [-0.4, -0.2) is 10.9 Å². The molecule has 2 rings (SSSR count). The SMILES string of the molecule is CCC(NC(=O)c1ccc(N)cn1)c1cccs1. The molecule has 18 heavy (non-hydrogen) atoms. The Hall–Kier alpha value is -1.88. The molecule has 0 saturated carbocycles. The van der Waals surface area contributed by atoms with E-state index in [0.717, 1.165) is 11.3 Å². The average Bonchev–Trinajstić information content (AvgIpc) is 2.90. The number of nitrogen functional groups attached to an aromatic ring is 1. The first-order chi connectivity index (χ1) is 8.70. The summed E-state index contributed by atoms with van der Waals surface area (Å²) in [4.78, 5) is 17.2. The van der Waals surface area contributed by atoms with Crippen LogP contribution in [0.25, 0.3) is 0 Å². The fourth-order valence-electron chi connectivity index (χ4n) is 1.64. The molecule has 5 heteroatoms. The number of amides is 1. The molecule has 2 aromatic rings. The number of hydrogen-bond donors (Lipinski definition) is 2. The van der Waals surface area contributed by atoms with E-state index in [2.05, 4.69) is 10.3 Å². The van der Waals surface area contributed by atoms with E-state index in [1.54, 1.807) is 23.5 Å². The lowest BCUT2D eigenvalue weighted by molar-refractivity contribution is 0.0931. The van der Waals surface area contributed by atoms with E-state index in [1.165, 1.54) is 6.20 Å². The molecule has 0 radical (unpaired) electrons. The number of carbonyl (C=O) groups excluding carboxylic acids is 1. The molecule has 1 atom stereocenters. The Morgan fingerprint density at radius 2 is 2.33 bits per heavy atom. The summed E-state index contributed by atoms with van der Waals surface area (Å²) in [5.41, 5.74) is 6.48. The number of aromatic nitrogens is 1. The van der Waals surface area contributed by atoms with Crippen molar-refractivity contribution in [2.24, 2.45) is 0 Å². The summed E-state index contributed by atoms with van der Waals surface area (Å²) in [5, 5.41) is 4.98. The lowest BCUT2D eigenvalue weighted by Crippen LogP contribution is -2.28. The largest absolute Gasteiger partial charge is 0.397 e. The Morgan fingerprint density at radius 1 is 1.50 bits per heavy atom. The van der Waals surface area contributed by atoms with E-state index < -0.39 is 0 Å². The van der Waals surface area contributed by atoms with Crippen LogP contribution in [0.4, 0.5) is 5.69 Å². The third-order valence-corrected chi connectivity index (χ3v) is 3.61. The number of pyridine rings is 1. The Bertz CT molecular complexity index is 508. The first-order valence-electron chi connectivity index (χ1n) is 5.76. The van der Waals surface area contributed by atoms with Gasteiger partial charge in [-0.05, 0) is 30.0 Å². The van der Waals surface area contributed by atoms with Crippen LogP contribution in [0.15, 0.2) is 35.8 Å². The molecule has 2 aromatic heterocycles. The third-order valence-electron chi connectivity index (χ3n) is 2.62. The minimum atomic E-state index is -0.171. The summed E-state index contributed by atoms with van der Waals surface area (Å²) in [7, 11) is 0. The monoisotopic (exact) mass is 261 g/mol. The fraction of sp³-hybridized carbons (Fsp3) is 0.231. The number of thiophene rings is 1. The van der Waals surface area contributed by atoms with Crippen molar-refractivity contribution in [2.45, 2.75) is 19.4 Å². The summed E-state index contributed by atoms with van der Waals surface area (Å²) < 4.78 is 0. The van der Waals surface area contributed by atoms with Gasteiger partial charge in [0.05, 0.1) is 17.9 Å². The van der Waals surface area contributed by atoms with E-state index in [0.29, 0.717) is 11.4 Å². The highest BCUT2D eigenvalue weighted by Crippen LogP contribution is 2.21. The standard InChI is InChI=1S/C13H15N3OS/c1-2-10(12-4-3-7-18-12)16-13(17)11-6-5-9(14)8-15-11/h3-8,10H,2,14H2,1H3,(H,16,17). The molecule has 2 heterocycles. The summed E-state index contributed by atoms with van der Waals surface area (Å²) >= 11 is 1.64. The number of nitrogens with two attached hydrogens (primary N) is 1. The highest BCUT2D eigenvalue weighted by atomic mass is 32.1. The summed E-state index contributed by atoms with van der Waals surface area (Å²) in [6, 6.07) is 7.35. The molecule has 0 aromatic carbocycles. The maximum Gasteiger partial charge on any atom is 0.270 e. The predicted octanol–water partition coefficient (Wildman–Crippen LogP) is 2.61. The molecule has 4 nitrogen and oxygen atoms in total. The first kappa shape index (κ1) is 12.6. The molecule has 0 aliphatic rings. The zero-order chi connectivity index (χ0) is 13.0. The maximum absolute atomic E-state index is 12.0. The Balaban J connectivity index is 2.08. The second kappa shape index (κ2) is 5.64. The van der Waals surface area contributed by atoms with Crippen LogP contribution in [0, 0.1) is 0 Å². The van der Waals surface area contributed by atoms with Gasteiger partial charge < -0.3 is 11.1 Å². The number of hydrogen-bond acceptors (Lipinski definition) is 4. The van der Waals surface area contributed by atoms with Gasteiger partial charge in [0.15, 0.2) is 0 Å². The van der Waals surface area contributed by atoms with Crippen molar-refractivity contribution in [3.8, 4) is 0 Å². The van der Waals surface area contributed by atoms with Crippen LogP contribution in [0.1, 0.15) is 34.8 Å². The lowest BCUT2D eigenvalue weighted by Gasteiger charge is -2.15. The number of rotatable bonds is 4. The molecule has 1 unspecified atom stereocenters. The van der Waals surface area contributed by atoms with E-state index in [9.17, 15) is 4.79 Å². The van der Waals surface area contributed by atoms with E-state index in [4.69, 9.17) is 5.73 Å². The molecule has 94 valence electrons. The van der Waals surface area contributed by atoms with Crippen molar-refractivity contribution in [1.82, 2.24) is 10.3 Å². The lowest BCUT2D eigenvalue weighted by atomic mass is 10.2. The molecule has 0 spiro atoms. The molecule has 0 bridgehead atoms. The Morgan fingerprint density at radius 3 is 2.89 bits per heavy atom. The van der Waals surface area contributed by atoms with Crippen LogP contribution in [-0.2, 0) is 0 Å². The summed E-state index contributed by atoms with van der Waals surface area (Å²) in [6.07, 6.45) is 2.34. The van der Waals surface area contributed by atoms with Crippen LogP contribution in [0.2, 0.25) is 0 Å². The first-order valence-corrected chi connectivity index (χ1v) is 6.64. The third kappa shape index (κ3) is 2.87. The highest BCUT2D eigenvalue weighted by Gasteiger charge is 2.15. The van der Waals surface area contributed by atoms with Gasteiger partial charge in [-0.25, -0.2) is 4.98 Å². The van der Waals surface area contributed by atoms with Crippen molar-refractivity contribution in [3.63, 3.8) is 0 Å². The zero-order valence-electron chi connectivity index (χ0n) is 10.1. The minimum absolute atomic E-state index is 0.0388. The second-order valence-electron chi connectivity index (χ2n) is 3.93. The van der Waals surface area contributed by atoms with Crippen molar-refractivity contribution >= 4 is 22.9 Å². The van der Waals surface area contributed by atoms with E-state index in [1.807, 2.05) is 24.4 Å².